The Labute approximate surface area is 212 Å². The molecule has 1 heterocycles. The summed E-state index contributed by atoms with van der Waals surface area (Å²) in [6, 6.07) is 0. The van der Waals surface area contributed by atoms with Crippen LogP contribution < -0.4 is 0 Å². The molecule has 1 aliphatic heterocycles. The minimum absolute atomic E-state index is 0.141. The highest BCUT2D eigenvalue weighted by atomic mass is 16.6. The summed E-state index contributed by atoms with van der Waals surface area (Å²) in [7, 11) is 0. The Bertz CT molecular complexity index is 822. The number of hydrogen-bond acceptors (Lipinski definition) is 5. The van der Waals surface area contributed by atoms with E-state index in [4.69, 9.17) is 9.47 Å². The second-order valence-corrected chi connectivity index (χ2v) is 14.2. The van der Waals surface area contributed by atoms with Crippen molar-refractivity contribution in [3.63, 3.8) is 0 Å². The van der Waals surface area contributed by atoms with Gasteiger partial charge in [0.2, 0.25) is 0 Å². The molecular weight excluding hydrogens is 440 g/mol. The summed E-state index contributed by atoms with van der Waals surface area (Å²) in [5.74, 6) is 3.28. The summed E-state index contributed by atoms with van der Waals surface area (Å²) in [6.07, 6.45) is 9.00. The van der Waals surface area contributed by atoms with E-state index in [1.807, 2.05) is 0 Å². The minimum atomic E-state index is -1.17. The smallest absolute Gasteiger partial charge is 0.302 e. The van der Waals surface area contributed by atoms with Crippen LogP contribution in [0.4, 0.5) is 0 Å². The van der Waals surface area contributed by atoms with Gasteiger partial charge in [0.1, 0.15) is 6.10 Å². The van der Waals surface area contributed by atoms with E-state index in [0.29, 0.717) is 47.8 Å². The minimum Gasteiger partial charge on any atom is -0.462 e. The molecule has 1 saturated heterocycles. The van der Waals surface area contributed by atoms with Gasteiger partial charge in [-0.3, -0.25) is 4.79 Å². The lowest BCUT2D eigenvalue weighted by Gasteiger charge is -2.65. The van der Waals surface area contributed by atoms with Crippen LogP contribution in [0, 0.1) is 46.3 Å². The molecule has 0 bridgehead atoms. The molecule has 35 heavy (non-hydrogen) atoms. The lowest BCUT2D eigenvalue weighted by molar-refractivity contribution is -0.266. The van der Waals surface area contributed by atoms with Gasteiger partial charge >= 0.3 is 5.97 Å². The van der Waals surface area contributed by atoms with Crippen LogP contribution in [-0.4, -0.2) is 46.2 Å². The Balaban J connectivity index is 1.32. The van der Waals surface area contributed by atoms with Crippen LogP contribution in [0.3, 0.4) is 0 Å². The lowest BCUT2D eigenvalue weighted by atomic mass is 9.42. The summed E-state index contributed by atoms with van der Waals surface area (Å²) >= 11 is 0. The zero-order chi connectivity index (χ0) is 25.4. The Morgan fingerprint density at radius 2 is 1.80 bits per heavy atom. The van der Waals surface area contributed by atoms with Crippen LogP contribution in [-0.2, 0) is 14.3 Å². The third-order valence-corrected chi connectivity index (χ3v) is 12.5. The van der Waals surface area contributed by atoms with E-state index < -0.39 is 11.7 Å². The molecule has 0 amide bonds. The summed E-state index contributed by atoms with van der Waals surface area (Å²) in [6.45, 7) is 14.2. The zero-order valence-electron chi connectivity index (χ0n) is 23.0. The van der Waals surface area contributed by atoms with Crippen molar-refractivity contribution in [1.29, 1.82) is 0 Å². The zero-order valence-corrected chi connectivity index (χ0v) is 23.0. The molecule has 5 rings (SSSR count). The number of ether oxygens (including phenoxy) is 2. The number of aliphatic hydroxyl groups is 2. The fraction of sp³-hybridized carbons (Fsp3) is 0.967. The number of hydrogen-bond donors (Lipinski definition) is 2. The van der Waals surface area contributed by atoms with E-state index in [9.17, 15) is 15.0 Å². The van der Waals surface area contributed by atoms with Gasteiger partial charge in [0, 0.05) is 18.8 Å². The number of aliphatic hydroxyl groups excluding tert-OH is 1. The topological polar surface area (TPSA) is 79.3 Å². The maximum absolute atomic E-state index is 11.9. The highest BCUT2D eigenvalue weighted by Crippen LogP contribution is 2.69. The molecule has 0 aromatic rings. The number of carbonyl (C=O) groups is 1. The van der Waals surface area contributed by atoms with E-state index >= 15 is 0 Å². The van der Waals surface area contributed by atoms with Crippen molar-refractivity contribution in [2.24, 2.45) is 46.3 Å². The van der Waals surface area contributed by atoms with Crippen LogP contribution in [0.5, 0.6) is 0 Å². The fourth-order valence-corrected chi connectivity index (χ4v) is 10.1. The normalized spacial score (nSPS) is 51.8. The van der Waals surface area contributed by atoms with Crippen molar-refractivity contribution in [3.8, 4) is 0 Å². The standard InChI is InChI=1S/C30H50O5/c1-18(2)29(17-34-29)14-9-19(3)23-7-8-24-22-15-26(32)30(33)16-21(35-20(4)31)10-13-28(30,6)25(22)11-12-27(23,24)5/h18-19,21-26,32-33H,7-17H2,1-6H3. The van der Waals surface area contributed by atoms with Crippen molar-refractivity contribution >= 4 is 5.97 Å². The first kappa shape index (κ1) is 26.0. The third kappa shape index (κ3) is 3.93. The van der Waals surface area contributed by atoms with E-state index in [-0.39, 0.29) is 23.1 Å². The Kier molecular flexibility index (Phi) is 6.45. The summed E-state index contributed by atoms with van der Waals surface area (Å²) in [4.78, 5) is 11.6. The second kappa shape index (κ2) is 8.70. The lowest BCUT2D eigenvalue weighted by Crippen LogP contribution is -2.68. The van der Waals surface area contributed by atoms with Crippen molar-refractivity contribution < 1.29 is 24.5 Å². The molecule has 200 valence electrons. The second-order valence-electron chi connectivity index (χ2n) is 14.2. The van der Waals surface area contributed by atoms with Crippen molar-refractivity contribution in [1.82, 2.24) is 0 Å². The first-order chi connectivity index (χ1) is 16.4. The van der Waals surface area contributed by atoms with Gasteiger partial charge in [0.25, 0.3) is 0 Å². The number of esters is 1. The van der Waals surface area contributed by atoms with E-state index in [1.165, 1.54) is 39.0 Å². The third-order valence-electron chi connectivity index (χ3n) is 12.5. The molecule has 0 radical (unpaired) electrons. The van der Waals surface area contributed by atoms with Crippen LogP contribution in [0.25, 0.3) is 0 Å². The Morgan fingerprint density at radius 3 is 2.43 bits per heavy atom. The average Bonchev–Trinajstić information content (AvgIpc) is 3.49. The molecule has 5 heteroatoms. The van der Waals surface area contributed by atoms with Crippen molar-refractivity contribution in [2.45, 2.75) is 129 Å². The van der Waals surface area contributed by atoms with Gasteiger partial charge < -0.3 is 19.7 Å². The fourth-order valence-electron chi connectivity index (χ4n) is 10.1. The highest BCUT2D eigenvalue weighted by Gasteiger charge is 2.67. The highest BCUT2D eigenvalue weighted by molar-refractivity contribution is 5.66. The average molecular weight is 491 g/mol. The van der Waals surface area contributed by atoms with Crippen molar-refractivity contribution in [3.05, 3.63) is 0 Å². The van der Waals surface area contributed by atoms with Crippen LogP contribution in [0.2, 0.25) is 0 Å². The predicted molar refractivity (Wildman–Crippen MR) is 136 cm³/mol. The SMILES string of the molecule is CC(=O)OC1CCC2(C)C3CCC4(C)C(C(C)CCC5(C(C)C)CO5)CCC4C3CC(O)C2(O)C1. The van der Waals surface area contributed by atoms with E-state index in [0.717, 1.165) is 31.8 Å². The molecule has 5 nitrogen and oxygen atoms in total. The first-order valence-electron chi connectivity index (χ1n) is 14.6. The molecule has 2 N–H and O–H groups in total. The molecule has 5 aliphatic rings. The van der Waals surface area contributed by atoms with Gasteiger partial charge in [0.15, 0.2) is 0 Å². The first-order valence-corrected chi connectivity index (χ1v) is 14.6. The van der Waals surface area contributed by atoms with Crippen LogP contribution in [0.15, 0.2) is 0 Å². The number of fused-ring (bicyclic) bond motifs is 5. The predicted octanol–water partition coefficient (Wildman–Crippen LogP) is 5.50. The van der Waals surface area contributed by atoms with E-state index in [1.54, 1.807) is 0 Å². The molecule has 4 aliphatic carbocycles. The maximum atomic E-state index is 11.9. The molecule has 0 aromatic carbocycles. The maximum Gasteiger partial charge on any atom is 0.302 e. The molecular formula is C30H50O5. The monoisotopic (exact) mass is 490 g/mol. The van der Waals surface area contributed by atoms with Crippen LogP contribution in [0.1, 0.15) is 106 Å². The number of epoxide rings is 1. The Morgan fingerprint density at radius 1 is 1.09 bits per heavy atom. The van der Waals surface area contributed by atoms with Gasteiger partial charge in [-0.15, -0.1) is 0 Å². The van der Waals surface area contributed by atoms with Gasteiger partial charge in [-0.1, -0.05) is 34.6 Å². The van der Waals surface area contributed by atoms with Gasteiger partial charge in [-0.25, -0.2) is 0 Å². The summed E-state index contributed by atoms with van der Waals surface area (Å²) < 4.78 is 11.4. The molecule has 4 saturated carbocycles. The number of rotatable bonds is 6. The molecule has 0 aromatic heterocycles. The van der Waals surface area contributed by atoms with Crippen LogP contribution >= 0.6 is 0 Å². The van der Waals surface area contributed by atoms with Gasteiger partial charge in [-0.05, 0) is 98.7 Å². The van der Waals surface area contributed by atoms with Gasteiger partial charge in [0.05, 0.1) is 23.9 Å². The molecule has 11 atom stereocenters. The molecule has 0 spiro atoms. The summed E-state index contributed by atoms with van der Waals surface area (Å²) in [5, 5.41) is 23.4. The Hall–Kier alpha value is -0.650. The van der Waals surface area contributed by atoms with Crippen molar-refractivity contribution in [2.75, 3.05) is 6.61 Å². The van der Waals surface area contributed by atoms with Gasteiger partial charge in [-0.2, -0.15) is 0 Å². The van der Waals surface area contributed by atoms with E-state index in [2.05, 4.69) is 34.6 Å². The molecule has 5 fully saturated rings. The molecule has 11 unspecified atom stereocenters. The number of carbonyl (C=O) groups excluding carboxylic acids is 1. The summed E-state index contributed by atoms with van der Waals surface area (Å²) in [5.41, 5.74) is -1.01. The quantitative estimate of drug-likeness (QED) is 0.379. The largest absolute Gasteiger partial charge is 0.462 e.